The summed E-state index contributed by atoms with van der Waals surface area (Å²) in [5.41, 5.74) is 1.82. The summed E-state index contributed by atoms with van der Waals surface area (Å²) in [6.07, 6.45) is 0.378. The molecule has 4 heteroatoms. The number of hydrogen-bond acceptors (Lipinski definition) is 3. The Morgan fingerprint density at radius 1 is 0.769 bits per heavy atom. The van der Waals surface area contributed by atoms with E-state index in [2.05, 4.69) is 5.10 Å². The van der Waals surface area contributed by atoms with Crippen molar-refractivity contribution in [1.29, 1.82) is 0 Å². The summed E-state index contributed by atoms with van der Waals surface area (Å²) in [6.45, 7) is 0. The van der Waals surface area contributed by atoms with E-state index in [1.54, 1.807) is 5.01 Å². The van der Waals surface area contributed by atoms with Gasteiger partial charge in [-0.15, -0.1) is 0 Å². The topological polar surface area (TPSA) is 32.7 Å². The summed E-state index contributed by atoms with van der Waals surface area (Å²) in [7, 11) is 0.916. The van der Waals surface area contributed by atoms with Crippen LogP contribution in [-0.4, -0.2) is 31.0 Å². The van der Waals surface area contributed by atoms with Crippen LogP contribution in [0, 0.1) is 0 Å². The van der Waals surface area contributed by atoms with Gasteiger partial charge in [0.15, 0.2) is 0 Å². The van der Waals surface area contributed by atoms with E-state index < -0.39 is 7.14 Å². The van der Waals surface area contributed by atoms with E-state index in [1.165, 1.54) is 0 Å². The van der Waals surface area contributed by atoms with Crippen molar-refractivity contribution in [2.45, 2.75) is 0 Å². The Bertz CT molecular complexity index is 863. The number of hydrazone groups is 1. The molecule has 0 unspecified atom stereocenters. The summed E-state index contributed by atoms with van der Waals surface area (Å²) < 4.78 is 14.3. The lowest BCUT2D eigenvalue weighted by molar-refractivity contribution is 0.438. The molecule has 3 aromatic carbocycles. The van der Waals surface area contributed by atoms with Gasteiger partial charge in [-0.3, -0.25) is 0 Å². The Hall–Kier alpha value is -2.64. The molecule has 0 atom stereocenters. The first kappa shape index (κ1) is 18.2. The van der Waals surface area contributed by atoms with Gasteiger partial charge in [-0.2, -0.15) is 5.10 Å². The molecule has 0 saturated heterocycles. The van der Waals surface area contributed by atoms with Crippen molar-refractivity contribution in [3.05, 3.63) is 96.6 Å². The maximum Gasteiger partial charge on any atom is 0.149 e. The molecule has 3 rings (SSSR count). The van der Waals surface area contributed by atoms with Crippen molar-refractivity contribution in [3.8, 4) is 0 Å². The second kappa shape index (κ2) is 8.16. The number of nitrogens with zero attached hydrogens (tertiary/aromatic N) is 2. The van der Waals surface area contributed by atoms with Crippen LogP contribution in [0.1, 0.15) is 5.56 Å². The van der Waals surface area contributed by atoms with E-state index in [-0.39, 0.29) is 0 Å². The zero-order valence-corrected chi connectivity index (χ0v) is 16.0. The zero-order valence-electron chi connectivity index (χ0n) is 15.1. The number of hydrogen-bond donors (Lipinski definition) is 0. The third kappa shape index (κ3) is 4.12. The van der Waals surface area contributed by atoms with Crippen molar-refractivity contribution in [2.24, 2.45) is 5.10 Å². The maximum atomic E-state index is 14.3. The molecule has 132 valence electrons. The lowest BCUT2D eigenvalue weighted by Crippen LogP contribution is -2.24. The van der Waals surface area contributed by atoms with Gasteiger partial charge in [-0.25, -0.2) is 0 Å². The average molecular weight is 362 g/mol. The average Bonchev–Trinajstić information content (AvgIpc) is 2.69. The molecular formula is C22H23N2OP. The minimum absolute atomic E-state index is 0.378. The first-order chi connectivity index (χ1) is 12.6. The van der Waals surface area contributed by atoms with Crippen LogP contribution >= 0.6 is 7.14 Å². The van der Waals surface area contributed by atoms with E-state index in [4.69, 9.17) is 0 Å². The van der Waals surface area contributed by atoms with Gasteiger partial charge < -0.3 is 9.57 Å². The normalized spacial score (nSPS) is 12.0. The van der Waals surface area contributed by atoms with E-state index >= 15 is 0 Å². The highest BCUT2D eigenvalue weighted by atomic mass is 31.2. The summed E-state index contributed by atoms with van der Waals surface area (Å²) >= 11 is 0. The van der Waals surface area contributed by atoms with Crippen molar-refractivity contribution in [3.63, 3.8) is 0 Å². The predicted molar refractivity (Wildman–Crippen MR) is 111 cm³/mol. The minimum Gasteiger partial charge on any atom is -0.313 e. The predicted octanol–water partition coefficient (Wildman–Crippen LogP) is 3.97. The maximum absolute atomic E-state index is 14.3. The fourth-order valence-corrected chi connectivity index (χ4v) is 5.57. The Labute approximate surface area is 155 Å². The molecule has 0 fully saturated rings. The molecule has 0 amide bonds. The van der Waals surface area contributed by atoms with Gasteiger partial charge in [-0.05, 0) is 5.56 Å². The molecule has 0 radical (unpaired) electrons. The van der Waals surface area contributed by atoms with Crippen LogP contribution in [0.25, 0.3) is 0 Å². The third-order valence-corrected chi connectivity index (χ3v) is 7.16. The second-order valence-electron chi connectivity index (χ2n) is 6.33. The van der Waals surface area contributed by atoms with E-state index in [0.29, 0.717) is 6.16 Å². The highest BCUT2D eigenvalue weighted by Crippen LogP contribution is 2.43. The monoisotopic (exact) mass is 362 g/mol. The Morgan fingerprint density at radius 2 is 1.19 bits per heavy atom. The summed E-state index contributed by atoms with van der Waals surface area (Å²) in [6, 6.07) is 29.4. The minimum atomic E-state index is -2.86. The SMILES string of the molecule is CN(C)/N=C(/CP(=O)(c1ccccc1)c1ccccc1)c1ccccc1. The van der Waals surface area contributed by atoms with E-state index in [0.717, 1.165) is 21.9 Å². The molecule has 0 aliphatic carbocycles. The van der Waals surface area contributed by atoms with Crippen molar-refractivity contribution in [2.75, 3.05) is 20.3 Å². The second-order valence-corrected chi connectivity index (χ2v) is 9.16. The van der Waals surface area contributed by atoms with Gasteiger partial charge in [0.1, 0.15) is 7.14 Å². The van der Waals surface area contributed by atoms with Gasteiger partial charge in [0.2, 0.25) is 0 Å². The smallest absolute Gasteiger partial charge is 0.149 e. The molecule has 3 aromatic rings. The van der Waals surface area contributed by atoms with E-state index in [1.807, 2.05) is 105 Å². The van der Waals surface area contributed by atoms with Gasteiger partial charge in [0, 0.05) is 24.7 Å². The fourth-order valence-electron chi connectivity index (χ4n) is 2.93. The molecule has 0 aliphatic heterocycles. The van der Waals surface area contributed by atoms with Gasteiger partial charge >= 0.3 is 0 Å². The first-order valence-electron chi connectivity index (χ1n) is 8.60. The van der Waals surface area contributed by atoms with Crippen LogP contribution in [-0.2, 0) is 4.57 Å². The lowest BCUT2D eigenvalue weighted by atomic mass is 10.1. The highest BCUT2D eigenvalue weighted by molar-refractivity contribution is 7.79. The van der Waals surface area contributed by atoms with Crippen molar-refractivity contribution >= 4 is 23.5 Å². The Kier molecular flexibility index (Phi) is 5.70. The van der Waals surface area contributed by atoms with Crippen LogP contribution in [0.5, 0.6) is 0 Å². The zero-order chi connectivity index (χ0) is 18.4. The summed E-state index contributed by atoms with van der Waals surface area (Å²) in [4.78, 5) is 0. The third-order valence-electron chi connectivity index (χ3n) is 4.15. The van der Waals surface area contributed by atoms with Crippen LogP contribution < -0.4 is 10.6 Å². The largest absolute Gasteiger partial charge is 0.313 e. The van der Waals surface area contributed by atoms with Gasteiger partial charge in [-0.1, -0.05) is 91.0 Å². The molecule has 3 nitrogen and oxygen atoms in total. The lowest BCUT2D eigenvalue weighted by Gasteiger charge is -2.21. The van der Waals surface area contributed by atoms with Crippen LogP contribution in [0.4, 0.5) is 0 Å². The van der Waals surface area contributed by atoms with Crippen molar-refractivity contribution in [1.82, 2.24) is 5.01 Å². The van der Waals surface area contributed by atoms with Crippen molar-refractivity contribution < 1.29 is 4.57 Å². The molecule has 0 saturated carbocycles. The quantitative estimate of drug-likeness (QED) is 0.378. The van der Waals surface area contributed by atoms with Gasteiger partial charge in [0.05, 0.1) is 11.9 Å². The van der Waals surface area contributed by atoms with Gasteiger partial charge in [0.25, 0.3) is 0 Å². The molecular weight excluding hydrogens is 339 g/mol. The van der Waals surface area contributed by atoms with E-state index in [9.17, 15) is 4.57 Å². The first-order valence-corrected chi connectivity index (χ1v) is 10.5. The van der Waals surface area contributed by atoms with Crippen LogP contribution in [0.3, 0.4) is 0 Å². The standard InChI is InChI=1S/C22H23N2OP/c1-24(2)23-22(19-12-6-3-7-13-19)18-26(25,20-14-8-4-9-15-20)21-16-10-5-11-17-21/h3-17H,18H2,1-2H3/b23-22-. The number of rotatable bonds is 6. The van der Waals surface area contributed by atoms with Crippen LogP contribution in [0.2, 0.25) is 0 Å². The molecule has 0 bridgehead atoms. The molecule has 0 spiro atoms. The molecule has 26 heavy (non-hydrogen) atoms. The highest BCUT2D eigenvalue weighted by Gasteiger charge is 2.29. The molecule has 0 aromatic heterocycles. The summed E-state index contributed by atoms with van der Waals surface area (Å²) in [5, 5.41) is 8.14. The molecule has 0 heterocycles. The van der Waals surface area contributed by atoms with Crippen LogP contribution in [0.15, 0.2) is 96.1 Å². The summed E-state index contributed by atoms with van der Waals surface area (Å²) in [5.74, 6) is 0. The number of benzene rings is 3. The molecule has 0 N–H and O–H groups in total. The fraction of sp³-hybridized carbons (Fsp3) is 0.136. The Balaban J connectivity index is 2.12. The Morgan fingerprint density at radius 3 is 1.62 bits per heavy atom. The molecule has 0 aliphatic rings.